The lowest BCUT2D eigenvalue weighted by atomic mass is 9.96. The van der Waals surface area contributed by atoms with E-state index in [9.17, 15) is 4.79 Å². The second-order valence-electron chi connectivity index (χ2n) is 8.82. The summed E-state index contributed by atoms with van der Waals surface area (Å²) in [4.78, 5) is 32.2. The first-order valence-electron chi connectivity index (χ1n) is 11.4. The van der Waals surface area contributed by atoms with Crippen LogP contribution >= 0.6 is 0 Å². The van der Waals surface area contributed by atoms with Crippen LogP contribution in [0.3, 0.4) is 0 Å². The van der Waals surface area contributed by atoms with Gasteiger partial charge in [0.25, 0.3) is 0 Å². The fourth-order valence-electron chi connectivity index (χ4n) is 4.37. The molecule has 2 aliphatic heterocycles. The Morgan fingerprint density at radius 2 is 1.79 bits per heavy atom. The number of hydrogen-bond donors (Lipinski definition) is 3. The number of nitrogens with zero attached hydrogens (tertiary/aromatic N) is 6. The SMILES string of the molecule is CN1CCN(c2cc(-c3ccc4c(c3)CN(C(=O)Nc3ccc(N)nc3)CC4)nc(N)n2)CC1. The average Bonchev–Trinajstić information content (AvgIpc) is 2.85. The molecule has 0 bridgehead atoms. The summed E-state index contributed by atoms with van der Waals surface area (Å²) in [6, 6.07) is 11.6. The van der Waals surface area contributed by atoms with Gasteiger partial charge in [0, 0.05) is 50.9 Å². The van der Waals surface area contributed by atoms with Crippen LogP contribution in [-0.4, -0.2) is 70.6 Å². The fourth-order valence-corrected chi connectivity index (χ4v) is 4.37. The molecule has 176 valence electrons. The Labute approximate surface area is 198 Å². The van der Waals surface area contributed by atoms with Crippen molar-refractivity contribution in [1.29, 1.82) is 0 Å². The van der Waals surface area contributed by atoms with E-state index in [1.807, 2.05) is 6.07 Å². The Bertz CT molecular complexity index is 1190. The molecule has 1 saturated heterocycles. The van der Waals surface area contributed by atoms with Gasteiger partial charge in [-0.05, 0) is 42.8 Å². The second kappa shape index (κ2) is 9.14. The highest BCUT2D eigenvalue weighted by Crippen LogP contribution is 2.28. The number of rotatable bonds is 3. The van der Waals surface area contributed by atoms with Crippen molar-refractivity contribution in [2.75, 3.05) is 61.5 Å². The molecule has 10 nitrogen and oxygen atoms in total. The Hall–Kier alpha value is -3.92. The van der Waals surface area contributed by atoms with Gasteiger partial charge in [-0.3, -0.25) is 0 Å². The molecule has 4 heterocycles. The molecule has 34 heavy (non-hydrogen) atoms. The molecule has 1 aromatic carbocycles. The van der Waals surface area contributed by atoms with Gasteiger partial charge in [-0.2, -0.15) is 4.98 Å². The maximum absolute atomic E-state index is 12.8. The summed E-state index contributed by atoms with van der Waals surface area (Å²) in [5.74, 6) is 1.53. The Morgan fingerprint density at radius 1 is 0.971 bits per heavy atom. The van der Waals surface area contributed by atoms with Crippen molar-refractivity contribution >= 4 is 29.3 Å². The number of nitrogens with one attached hydrogen (secondary N) is 1. The molecule has 2 aromatic heterocycles. The van der Waals surface area contributed by atoms with Gasteiger partial charge in [-0.1, -0.05) is 12.1 Å². The molecule has 0 unspecified atom stereocenters. The van der Waals surface area contributed by atoms with Crippen LogP contribution in [0.15, 0.2) is 42.6 Å². The lowest BCUT2D eigenvalue weighted by Gasteiger charge is -2.33. The Morgan fingerprint density at radius 3 is 2.56 bits per heavy atom. The summed E-state index contributed by atoms with van der Waals surface area (Å²) >= 11 is 0. The fraction of sp³-hybridized carbons (Fsp3) is 0.333. The second-order valence-corrected chi connectivity index (χ2v) is 8.82. The van der Waals surface area contributed by atoms with Crippen LogP contribution < -0.4 is 21.7 Å². The number of carbonyl (C=O) groups excluding carboxylic acids is 1. The molecule has 5 rings (SSSR count). The van der Waals surface area contributed by atoms with E-state index in [1.165, 1.54) is 5.56 Å². The van der Waals surface area contributed by atoms with Gasteiger partial charge in [0.1, 0.15) is 11.6 Å². The van der Waals surface area contributed by atoms with Gasteiger partial charge in [-0.25, -0.2) is 14.8 Å². The van der Waals surface area contributed by atoms with Gasteiger partial charge in [0.05, 0.1) is 17.6 Å². The number of nitrogen functional groups attached to an aromatic ring is 2. The van der Waals surface area contributed by atoms with Crippen molar-refractivity contribution in [3.05, 3.63) is 53.7 Å². The number of nitrogens with two attached hydrogens (primary N) is 2. The van der Waals surface area contributed by atoms with E-state index in [0.717, 1.165) is 55.2 Å². The van der Waals surface area contributed by atoms with Crippen LogP contribution in [0.2, 0.25) is 0 Å². The topological polar surface area (TPSA) is 130 Å². The Kier molecular flexibility index (Phi) is 5.89. The van der Waals surface area contributed by atoms with Crippen LogP contribution in [0.5, 0.6) is 0 Å². The molecule has 5 N–H and O–H groups in total. The molecule has 2 aliphatic rings. The molecule has 0 saturated carbocycles. The number of piperazine rings is 1. The lowest BCUT2D eigenvalue weighted by Crippen LogP contribution is -2.44. The highest BCUT2D eigenvalue weighted by Gasteiger charge is 2.22. The number of amides is 2. The number of anilines is 4. The van der Waals surface area contributed by atoms with E-state index < -0.39 is 0 Å². The van der Waals surface area contributed by atoms with E-state index in [2.05, 4.69) is 55.3 Å². The number of likely N-dealkylation sites (N-methyl/N-ethyl adjacent to an activating group) is 1. The maximum atomic E-state index is 12.8. The van der Waals surface area contributed by atoms with Crippen LogP contribution in [0.4, 0.5) is 28.1 Å². The summed E-state index contributed by atoms with van der Waals surface area (Å²) in [6.45, 7) is 4.96. The summed E-state index contributed by atoms with van der Waals surface area (Å²) in [5.41, 5.74) is 16.4. The molecule has 10 heteroatoms. The average molecular weight is 460 g/mol. The molecule has 1 fully saturated rings. The molecule has 2 amide bonds. The number of benzene rings is 1. The summed E-state index contributed by atoms with van der Waals surface area (Å²) in [6.07, 6.45) is 2.35. The normalized spacial score (nSPS) is 16.3. The van der Waals surface area contributed by atoms with Crippen molar-refractivity contribution in [1.82, 2.24) is 24.8 Å². The number of aromatic nitrogens is 3. The number of pyridine rings is 1. The van der Waals surface area contributed by atoms with Crippen molar-refractivity contribution < 1.29 is 4.79 Å². The van der Waals surface area contributed by atoms with Gasteiger partial charge < -0.3 is 31.5 Å². The standard InChI is InChI=1S/C24H29N9O/c1-31-8-10-32(11-9-31)22-13-20(29-23(26)30-22)17-3-2-16-6-7-33(15-18(16)12-17)24(34)28-19-4-5-21(25)27-14-19/h2-5,12-14H,6-11,15H2,1H3,(H2,25,27)(H,28,34)(H2,26,29,30). The third-order valence-electron chi connectivity index (χ3n) is 6.40. The van der Waals surface area contributed by atoms with Crippen molar-refractivity contribution in [2.24, 2.45) is 0 Å². The van der Waals surface area contributed by atoms with E-state index in [-0.39, 0.29) is 12.0 Å². The number of urea groups is 1. The number of fused-ring (bicyclic) bond motifs is 1. The highest BCUT2D eigenvalue weighted by molar-refractivity contribution is 5.89. The third kappa shape index (κ3) is 4.72. The minimum Gasteiger partial charge on any atom is -0.384 e. The third-order valence-corrected chi connectivity index (χ3v) is 6.40. The predicted octanol–water partition coefficient (Wildman–Crippen LogP) is 2.04. The first-order valence-corrected chi connectivity index (χ1v) is 11.4. The summed E-state index contributed by atoms with van der Waals surface area (Å²) in [7, 11) is 2.13. The highest BCUT2D eigenvalue weighted by atomic mass is 16.2. The van der Waals surface area contributed by atoms with Gasteiger partial charge in [0.2, 0.25) is 5.95 Å². The minimum absolute atomic E-state index is 0.161. The predicted molar refractivity (Wildman–Crippen MR) is 133 cm³/mol. The summed E-state index contributed by atoms with van der Waals surface area (Å²) in [5, 5.41) is 2.89. The number of hydrogen-bond acceptors (Lipinski definition) is 8. The molecule has 3 aromatic rings. The molecule has 0 spiro atoms. The quantitative estimate of drug-likeness (QED) is 0.543. The van der Waals surface area contributed by atoms with Gasteiger partial charge >= 0.3 is 6.03 Å². The Balaban J connectivity index is 1.34. The van der Waals surface area contributed by atoms with E-state index in [1.54, 1.807) is 23.2 Å². The number of carbonyl (C=O) groups is 1. The minimum atomic E-state index is -0.161. The molecule has 0 aliphatic carbocycles. The summed E-state index contributed by atoms with van der Waals surface area (Å²) < 4.78 is 0. The van der Waals surface area contributed by atoms with Gasteiger partial charge in [-0.15, -0.1) is 0 Å². The van der Waals surface area contributed by atoms with Crippen molar-refractivity contribution in [2.45, 2.75) is 13.0 Å². The maximum Gasteiger partial charge on any atom is 0.322 e. The monoisotopic (exact) mass is 459 g/mol. The van der Waals surface area contributed by atoms with Crippen molar-refractivity contribution in [3.63, 3.8) is 0 Å². The van der Waals surface area contributed by atoms with Crippen LogP contribution in [0, 0.1) is 0 Å². The van der Waals surface area contributed by atoms with E-state index in [0.29, 0.717) is 24.6 Å². The molecular weight excluding hydrogens is 430 g/mol. The van der Waals surface area contributed by atoms with Crippen molar-refractivity contribution in [3.8, 4) is 11.3 Å². The van der Waals surface area contributed by atoms with Crippen LogP contribution in [0.1, 0.15) is 11.1 Å². The lowest BCUT2D eigenvalue weighted by molar-refractivity contribution is 0.206. The zero-order chi connectivity index (χ0) is 23.7. The van der Waals surface area contributed by atoms with Crippen LogP contribution in [0.25, 0.3) is 11.3 Å². The molecular formula is C24H29N9O. The zero-order valence-electron chi connectivity index (χ0n) is 19.2. The van der Waals surface area contributed by atoms with E-state index >= 15 is 0 Å². The zero-order valence-corrected chi connectivity index (χ0v) is 19.2. The van der Waals surface area contributed by atoms with E-state index in [4.69, 9.17) is 11.5 Å². The smallest absolute Gasteiger partial charge is 0.322 e. The molecule has 0 atom stereocenters. The van der Waals surface area contributed by atoms with Gasteiger partial charge in [0.15, 0.2) is 0 Å². The first-order chi connectivity index (χ1) is 16.4. The van der Waals surface area contributed by atoms with Crippen LogP contribution in [-0.2, 0) is 13.0 Å². The largest absolute Gasteiger partial charge is 0.384 e. The molecule has 0 radical (unpaired) electrons. The first kappa shape index (κ1) is 21.9.